The monoisotopic (exact) mass is 415 g/mol. The number of nitrogens with zero attached hydrogens (tertiary/aromatic N) is 2. The molecule has 0 radical (unpaired) electrons. The molecule has 1 fully saturated rings. The van der Waals surface area contributed by atoms with Gasteiger partial charge in [-0.15, -0.1) is 0 Å². The summed E-state index contributed by atoms with van der Waals surface area (Å²) in [6, 6.07) is 6.64. The maximum atomic E-state index is 12.3. The molecule has 0 atom stereocenters. The van der Waals surface area contributed by atoms with Crippen molar-refractivity contribution in [2.45, 2.75) is 12.8 Å². The van der Waals surface area contributed by atoms with Crippen molar-refractivity contribution in [2.75, 3.05) is 51.3 Å². The van der Waals surface area contributed by atoms with Gasteiger partial charge in [0.05, 0.1) is 5.75 Å². The lowest BCUT2D eigenvalue weighted by Gasteiger charge is -2.34. The van der Waals surface area contributed by atoms with Crippen LogP contribution in [-0.2, 0) is 14.6 Å². The van der Waals surface area contributed by atoms with E-state index < -0.39 is 9.84 Å². The molecule has 9 heteroatoms. The molecule has 1 N–H and O–H groups in total. The number of hydrogen-bond acceptors (Lipinski definition) is 5. The molecule has 1 aromatic rings. The third kappa shape index (κ3) is 7.86. The Morgan fingerprint density at radius 1 is 1.11 bits per heavy atom. The fourth-order valence-electron chi connectivity index (χ4n) is 2.82. The number of hydrogen-bond donors (Lipinski definition) is 1. The van der Waals surface area contributed by atoms with Crippen LogP contribution in [0.2, 0.25) is 5.02 Å². The molecule has 1 saturated heterocycles. The van der Waals surface area contributed by atoms with E-state index in [-0.39, 0.29) is 17.6 Å². The van der Waals surface area contributed by atoms with Gasteiger partial charge in [0.2, 0.25) is 5.91 Å². The lowest BCUT2D eigenvalue weighted by atomic mass is 10.2. The van der Waals surface area contributed by atoms with Gasteiger partial charge in [0.25, 0.3) is 5.91 Å². The van der Waals surface area contributed by atoms with Crippen LogP contribution in [0.1, 0.15) is 23.2 Å². The minimum Gasteiger partial charge on any atom is -0.352 e. The molecule has 1 aliphatic rings. The zero-order valence-corrected chi connectivity index (χ0v) is 17.1. The van der Waals surface area contributed by atoms with Crippen LogP contribution in [0.25, 0.3) is 0 Å². The highest BCUT2D eigenvalue weighted by Gasteiger charge is 2.21. The molecule has 7 nitrogen and oxygen atoms in total. The quantitative estimate of drug-likeness (QED) is 0.641. The summed E-state index contributed by atoms with van der Waals surface area (Å²) in [6.45, 7) is 3.54. The number of nitrogens with one attached hydrogen (secondary N) is 1. The number of benzene rings is 1. The second-order valence-corrected chi connectivity index (χ2v) is 9.41. The molecule has 0 aromatic heterocycles. The summed E-state index contributed by atoms with van der Waals surface area (Å²) in [4.78, 5) is 28.1. The van der Waals surface area contributed by atoms with E-state index in [1.54, 1.807) is 29.2 Å². The largest absolute Gasteiger partial charge is 0.352 e. The van der Waals surface area contributed by atoms with Crippen molar-refractivity contribution >= 4 is 33.3 Å². The standard InChI is InChI=1S/C18H26ClN3O4S/c1-27(25,26)14-13-21-9-11-22(12-10-21)17(23)3-2-8-20-18(24)15-4-6-16(19)7-5-15/h4-7H,2-3,8-14H2,1H3,(H,20,24). The first-order valence-electron chi connectivity index (χ1n) is 8.96. The lowest BCUT2D eigenvalue weighted by molar-refractivity contribution is -0.133. The van der Waals surface area contributed by atoms with Gasteiger partial charge < -0.3 is 10.2 Å². The molecule has 1 aliphatic heterocycles. The number of halogens is 1. The normalized spacial score (nSPS) is 15.6. The van der Waals surface area contributed by atoms with Crippen molar-refractivity contribution in [2.24, 2.45) is 0 Å². The van der Waals surface area contributed by atoms with E-state index in [2.05, 4.69) is 10.2 Å². The van der Waals surface area contributed by atoms with Crippen molar-refractivity contribution in [3.63, 3.8) is 0 Å². The molecule has 0 saturated carbocycles. The van der Waals surface area contributed by atoms with Gasteiger partial charge in [-0.3, -0.25) is 14.5 Å². The Bertz CT molecular complexity index is 744. The Labute approximate surface area is 165 Å². The average Bonchev–Trinajstić information content (AvgIpc) is 2.63. The summed E-state index contributed by atoms with van der Waals surface area (Å²) in [7, 11) is -2.96. The van der Waals surface area contributed by atoms with Crippen molar-refractivity contribution in [3.05, 3.63) is 34.9 Å². The second-order valence-electron chi connectivity index (χ2n) is 6.72. The van der Waals surface area contributed by atoms with Gasteiger partial charge in [-0.2, -0.15) is 0 Å². The molecule has 0 unspecified atom stereocenters. The van der Waals surface area contributed by atoms with Crippen LogP contribution in [0.15, 0.2) is 24.3 Å². The molecular weight excluding hydrogens is 390 g/mol. The first-order chi connectivity index (χ1) is 12.7. The Balaban J connectivity index is 1.62. The summed E-state index contributed by atoms with van der Waals surface area (Å²) < 4.78 is 22.4. The minimum absolute atomic E-state index is 0.0681. The summed E-state index contributed by atoms with van der Waals surface area (Å²) in [5, 5.41) is 3.37. The van der Waals surface area contributed by atoms with Crippen LogP contribution in [0, 0.1) is 0 Å². The molecule has 2 rings (SSSR count). The SMILES string of the molecule is CS(=O)(=O)CCN1CCN(C(=O)CCCNC(=O)c2ccc(Cl)cc2)CC1. The predicted molar refractivity (Wildman–Crippen MR) is 106 cm³/mol. The summed E-state index contributed by atoms with van der Waals surface area (Å²) in [5.74, 6) is 0.0333. The van der Waals surface area contributed by atoms with Gasteiger partial charge in [-0.1, -0.05) is 11.6 Å². The molecule has 0 bridgehead atoms. The highest BCUT2D eigenvalue weighted by atomic mass is 35.5. The van der Waals surface area contributed by atoms with Crippen molar-refractivity contribution in [1.29, 1.82) is 0 Å². The third-order valence-electron chi connectivity index (χ3n) is 4.46. The van der Waals surface area contributed by atoms with Gasteiger partial charge >= 0.3 is 0 Å². The van der Waals surface area contributed by atoms with Crippen LogP contribution in [0.3, 0.4) is 0 Å². The Hall–Kier alpha value is -1.64. The Kier molecular flexibility index (Phi) is 8.07. The summed E-state index contributed by atoms with van der Waals surface area (Å²) >= 11 is 5.79. The molecule has 1 aromatic carbocycles. The molecule has 1 heterocycles. The van der Waals surface area contributed by atoms with Crippen LogP contribution >= 0.6 is 11.6 Å². The predicted octanol–water partition coefficient (Wildman–Crippen LogP) is 1.04. The Morgan fingerprint density at radius 3 is 2.33 bits per heavy atom. The Morgan fingerprint density at radius 2 is 1.74 bits per heavy atom. The molecular formula is C18H26ClN3O4S. The number of rotatable bonds is 8. The molecule has 27 heavy (non-hydrogen) atoms. The van der Waals surface area contributed by atoms with E-state index in [0.717, 1.165) is 0 Å². The van der Waals surface area contributed by atoms with Crippen LogP contribution in [0.5, 0.6) is 0 Å². The third-order valence-corrected chi connectivity index (χ3v) is 5.64. The smallest absolute Gasteiger partial charge is 0.251 e. The first kappa shape index (κ1) is 21.7. The van der Waals surface area contributed by atoms with Crippen molar-refractivity contribution in [3.8, 4) is 0 Å². The van der Waals surface area contributed by atoms with E-state index in [4.69, 9.17) is 11.6 Å². The van der Waals surface area contributed by atoms with Crippen molar-refractivity contribution < 1.29 is 18.0 Å². The zero-order valence-electron chi connectivity index (χ0n) is 15.5. The van der Waals surface area contributed by atoms with Gasteiger partial charge in [0.15, 0.2) is 0 Å². The van der Waals surface area contributed by atoms with E-state index in [1.807, 2.05) is 0 Å². The number of carbonyl (C=O) groups excluding carboxylic acids is 2. The maximum Gasteiger partial charge on any atom is 0.251 e. The van der Waals surface area contributed by atoms with Crippen molar-refractivity contribution in [1.82, 2.24) is 15.1 Å². The fourth-order valence-corrected chi connectivity index (χ4v) is 3.53. The second kappa shape index (κ2) is 10.1. The van der Waals surface area contributed by atoms with Gasteiger partial charge in [0.1, 0.15) is 9.84 Å². The van der Waals surface area contributed by atoms with Crippen LogP contribution in [0.4, 0.5) is 0 Å². The van der Waals surface area contributed by atoms with E-state index in [0.29, 0.717) is 62.7 Å². The van der Waals surface area contributed by atoms with Crippen LogP contribution < -0.4 is 5.32 Å². The number of carbonyl (C=O) groups is 2. The fraction of sp³-hybridized carbons (Fsp3) is 0.556. The first-order valence-corrected chi connectivity index (χ1v) is 11.4. The molecule has 2 amide bonds. The molecule has 0 aliphatic carbocycles. The van der Waals surface area contributed by atoms with Gasteiger partial charge in [-0.05, 0) is 30.7 Å². The van der Waals surface area contributed by atoms with E-state index >= 15 is 0 Å². The van der Waals surface area contributed by atoms with E-state index in [1.165, 1.54) is 6.26 Å². The molecule has 150 valence electrons. The van der Waals surface area contributed by atoms with Gasteiger partial charge in [-0.25, -0.2) is 8.42 Å². The number of amides is 2. The number of piperazine rings is 1. The highest BCUT2D eigenvalue weighted by molar-refractivity contribution is 7.90. The summed E-state index contributed by atoms with van der Waals surface area (Å²) in [6.07, 6.45) is 2.19. The topological polar surface area (TPSA) is 86.8 Å². The average molecular weight is 416 g/mol. The minimum atomic E-state index is -2.96. The lowest BCUT2D eigenvalue weighted by Crippen LogP contribution is -2.49. The summed E-state index contributed by atoms with van der Waals surface area (Å²) in [5.41, 5.74) is 0.538. The van der Waals surface area contributed by atoms with Crippen LogP contribution in [-0.4, -0.2) is 81.3 Å². The number of sulfone groups is 1. The molecule has 0 spiro atoms. The van der Waals surface area contributed by atoms with E-state index in [9.17, 15) is 18.0 Å². The maximum absolute atomic E-state index is 12.3. The highest BCUT2D eigenvalue weighted by Crippen LogP contribution is 2.09. The zero-order chi connectivity index (χ0) is 19.9. The van der Waals surface area contributed by atoms with Gasteiger partial charge in [0, 0.05) is 62.5 Å².